The van der Waals surface area contributed by atoms with Crippen LogP contribution in [-0.2, 0) is 0 Å². The van der Waals surface area contributed by atoms with E-state index in [2.05, 4.69) is 124 Å². The smallest absolute Gasteiger partial charge is 0.136 e. The highest BCUT2D eigenvalue weighted by Crippen LogP contribution is 2.43. The Labute approximate surface area is 303 Å². The van der Waals surface area contributed by atoms with Crippen molar-refractivity contribution in [1.82, 2.24) is 9.13 Å². The Kier molecular flexibility index (Phi) is 6.02. The summed E-state index contributed by atoms with van der Waals surface area (Å²) in [7, 11) is 0. The van der Waals surface area contributed by atoms with Crippen LogP contribution in [0.25, 0.3) is 98.8 Å². The maximum atomic E-state index is 10.9. The molecule has 0 N–H and O–H groups in total. The molecule has 0 radical (unpaired) electrons. The molecule has 3 aromatic heterocycles. The number of hydrogen-bond donors (Lipinski definition) is 0. The fraction of sp³-hybridized carbons (Fsp3) is 0. The van der Waals surface area contributed by atoms with Gasteiger partial charge in [0.25, 0.3) is 0 Å². The van der Waals surface area contributed by atoms with E-state index in [1.165, 1.54) is 0 Å². The second-order valence-corrected chi connectivity index (χ2v) is 13.5. The number of hydrogen-bond acceptors (Lipinski definition) is 3. The van der Waals surface area contributed by atoms with Crippen molar-refractivity contribution in [3.63, 3.8) is 0 Å². The van der Waals surface area contributed by atoms with Crippen molar-refractivity contribution >= 4 is 76.3 Å². The van der Waals surface area contributed by atoms with Crippen molar-refractivity contribution in [2.45, 2.75) is 0 Å². The number of fused-ring (bicyclic) bond motifs is 12. The van der Waals surface area contributed by atoms with Crippen molar-refractivity contribution in [3.05, 3.63) is 169 Å². The Morgan fingerprint density at radius 3 is 1.77 bits per heavy atom. The van der Waals surface area contributed by atoms with E-state index in [0.29, 0.717) is 22.5 Å². The van der Waals surface area contributed by atoms with E-state index in [1.807, 2.05) is 54.6 Å². The van der Waals surface area contributed by atoms with Gasteiger partial charge in [-0.1, -0.05) is 103 Å². The molecule has 11 aromatic rings. The monoisotopic (exact) mass is 674 g/mol. The molecule has 244 valence electrons. The lowest BCUT2D eigenvalue weighted by Crippen LogP contribution is -2.04. The minimum absolute atomic E-state index is 0.468. The third-order valence-electron chi connectivity index (χ3n) is 10.8. The van der Waals surface area contributed by atoms with Gasteiger partial charge in [0.15, 0.2) is 0 Å². The third kappa shape index (κ3) is 4.05. The summed E-state index contributed by atoms with van der Waals surface area (Å²) in [5.74, 6) is 0. The van der Waals surface area contributed by atoms with Crippen LogP contribution in [0.3, 0.4) is 0 Å². The molecule has 0 saturated carbocycles. The number of aromatic nitrogens is 2. The Morgan fingerprint density at radius 2 is 1.00 bits per heavy atom. The highest BCUT2D eigenvalue weighted by molar-refractivity contribution is 6.27. The fourth-order valence-electron chi connectivity index (χ4n) is 8.52. The molecule has 0 bridgehead atoms. The van der Waals surface area contributed by atoms with E-state index in [1.54, 1.807) is 0 Å². The zero-order valence-electron chi connectivity index (χ0n) is 28.2. The molecule has 0 saturated heterocycles. The van der Waals surface area contributed by atoms with Crippen molar-refractivity contribution in [2.24, 2.45) is 0 Å². The molecular weight excluding hydrogens is 649 g/mol. The quantitative estimate of drug-likeness (QED) is 0.187. The molecule has 5 nitrogen and oxygen atoms in total. The number of nitriles is 2. The lowest BCUT2D eigenvalue weighted by atomic mass is 10.0. The lowest BCUT2D eigenvalue weighted by molar-refractivity contribution is 0.669. The maximum absolute atomic E-state index is 10.9. The first-order chi connectivity index (χ1) is 26.2. The largest absolute Gasteiger partial charge is 0.456 e. The Bertz CT molecular complexity index is 3420. The summed E-state index contributed by atoms with van der Waals surface area (Å²) in [6.07, 6.45) is 0. The summed E-state index contributed by atoms with van der Waals surface area (Å²) in [6.45, 7) is 0. The predicted octanol–water partition coefficient (Wildman–Crippen LogP) is 12.3. The van der Waals surface area contributed by atoms with Gasteiger partial charge in [0.05, 0.1) is 44.6 Å². The van der Waals surface area contributed by atoms with E-state index >= 15 is 0 Å². The molecule has 8 aromatic carbocycles. The molecule has 53 heavy (non-hydrogen) atoms. The molecule has 3 heterocycles. The van der Waals surface area contributed by atoms with Gasteiger partial charge in [-0.05, 0) is 76.5 Å². The van der Waals surface area contributed by atoms with Crippen LogP contribution >= 0.6 is 0 Å². The molecule has 0 amide bonds. The molecule has 0 aliphatic carbocycles. The SMILES string of the molecule is N#Cc1cc(-n2c3ccccc3c3c4c(ccc32)oc2ccccc24)c(C#N)cc1-n1c2ccc(-c3ccccc3)cc2c2c3ccccc3ccc21. The van der Waals surface area contributed by atoms with Gasteiger partial charge < -0.3 is 13.6 Å². The van der Waals surface area contributed by atoms with E-state index in [4.69, 9.17) is 4.42 Å². The lowest BCUT2D eigenvalue weighted by Gasteiger charge is -2.15. The van der Waals surface area contributed by atoms with Crippen LogP contribution in [-0.4, -0.2) is 9.13 Å². The second kappa shape index (κ2) is 10.9. The molecule has 0 atom stereocenters. The minimum atomic E-state index is 0.468. The molecule has 11 rings (SSSR count). The normalized spacial score (nSPS) is 11.7. The van der Waals surface area contributed by atoms with Crippen LogP contribution in [0.15, 0.2) is 162 Å². The third-order valence-corrected chi connectivity index (χ3v) is 10.8. The summed E-state index contributed by atoms with van der Waals surface area (Å²) in [5, 5.41) is 30.4. The maximum Gasteiger partial charge on any atom is 0.136 e. The van der Waals surface area contributed by atoms with Crippen LogP contribution < -0.4 is 0 Å². The molecule has 0 aliphatic rings. The van der Waals surface area contributed by atoms with Crippen LogP contribution in [0.5, 0.6) is 0 Å². The van der Waals surface area contributed by atoms with Gasteiger partial charge in [0.2, 0.25) is 0 Å². The zero-order chi connectivity index (χ0) is 35.2. The van der Waals surface area contributed by atoms with E-state index in [0.717, 1.165) is 87.4 Å². The van der Waals surface area contributed by atoms with Gasteiger partial charge in [-0.25, -0.2) is 0 Å². The van der Waals surface area contributed by atoms with Gasteiger partial charge in [-0.3, -0.25) is 0 Å². The van der Waals surface area contributed by atoms with Gasteiger partial charge in [0.1, 0.15) is 23.3 Å². The van der Waals surface area contributed by atoms with Crippen LogP contribution in [0.1, 0.15) is 11.1 Å². The Hall–Kier alpha value is -7.60. The molecule has 0 fully saturated rings. The topological polar surface area (TPSA) is 70.6 Å². The first kappa shape index (κ1) is 29.2. The van der Waals surface area contributed by atoms with Crippen LogP contribution in [0.2, 0.25) is 0 Å². The van der Waals surface area contributed by atoms with Gasteiger partial charge >= 0.3 is 0 Å². The summed E-state index contributed by atoms with van der Waals surface area (Å²) < 4.78 is 10.6. The summed E-state index contributed by atoms with van der Waals surface area (Å²) in [6, 6.07) is 58.8. The summed E-state index contributed by atoms with van der Waals surface area (Å²) >= 11 is 0. The van der Waals surface area contributed by atoms with E-state index in [9.17, 15) is 10.5 Å². The highest BCUT2D eigenvalue weighted by Gasteiger charge is 2.23. The highest BCUT2D eigenvalue weighted by atomic mass is 16.3. The molecule has 0 aliphatic heterocycles. The fourth-order valence-corrected chi connectivity index (χ4v) is 8.52. The summed E-state index contributed by atoms with van der Waals surface area (Å²) in [4.78, 5) is 0. The van der Waals surface area contributed by atoms with Crippen LogP contribution in [0, 0.1) is 22.7 Å². The van der Waals surface area contributed by atoms with Crippen molar-refractivity contribution in [2.75, 3.05) is 0 Å². The molecular formula is C48H26N4O. The van der Waals surface area contributed by atoms with E-state index in [-0.39, 0.29) is 0 Å². The first-order valence-corrected chi connectivity index (χ1v) is 17.6. The number of benzene rings is 8. The minimum Gasteiger partial charge on any atom is -0.456 e. The van der Waals surface area contributed by atoms with Crippen molar-refractivity contribution in [1.29, 1.82) is 10.5 Å². The Balaban J connectivity index is 1.22. The second-order valence-electron chi connectivity index (χ2n) is 13.5. The number of furan rings is 1. The summed E-state index contributed by atoms with van der Waals surface area (Å²) in [5.41, 5.74) is 9.98. The van der Waals surface area contributed by atoms with Crippen molar-refractivity contribution < 1.29 is 4.42 Å². The zero-order valence-corrected chi connectivity index (χ0v) is 28.2. The molecule has 0 spiro atoms. The predicted molar refractivity (Wildman–Crippen MR) is 215 cm³/mol. The Morgan fingerprint density at radius 1 is 0.396 bits per heavy atom. The molecule has 5 heteroatoms. The average Bonchev–Trinajstić information content (AvgIpc) is 3.88. The standard InChI is InChI=1S/C48H26N4O/c49-27-32-26-43(52-39-20-19-31(29-10-2-1-3-11-29)24-37(39)46-34-13-5-4-12-30(34)18-21-40(46)52)33(28-50)25-42(32)51-38-16-8-6-14-35(38)47-41(51)22-23-45-48(47)36-15-7-9-17-44(36)53-45/h1-26H. The number of rotatable bonds is 3. The van der Waals surface area contributed by atoms with E-state index < -0.39 is 0 Å². The van der Waals surface area contributed by atoms with Crippen LogP contribution in [0.4, 0.5) is 0 Å². The van der Waals surface area contributed by atoms with Gasteiger partial charge in [-0.15, -0.1) is 0 Å². The molecule has 0 unspecified atom stereocenters. The average molecular weight is 675 g/mol. The van der Waals surface area contributed by atoms with Gasteiger partial charge in [0, 0.05) is 32.3 Å². The van der Waals surface area contributed by atoms with Crippen molar-refractivity contribution in [3.8, 4) is 34.6 Å². The van der Waals surface area contributed by atoms with Gasteiger partial charge in [-0.2, -0.15) is 10.5 Å². The number of nitrogens with zero attached hydrogens (tertiary/aromatic N) is 4. The first-order valence-electron chi connectivity index (χ1n) is 17.6. The number of para-hydroxylation sites is 2.